The third-order valence-corrected chi connectivity index (χ3v) is 1.90. The second kappa shape index (κ2) is 6.05. The zero-order chi connectivity index (χ0) is 14.4. The number of H-pyrrole nitrogens is 2. The molecule has 3 amide bonds. The van der Waals surface area contributed by atoms with Crippen molar-refractivity contribution in [2.24, 2.45) is 5.73 Å². The van der Waals surface area contributed by atoms with Crippen LogP contribution in [-0.4, -0.2) is 22.4 Å². The van der Waals surface area contributed by atoms with Gasteiger partial charge in [0.2, 0.25) is 6.41 Å². The van der Waals surface area contributed by atoms with Gasteiger partial charge in [0.05, 0.1) is 0 Å². The van der Waals surface area contributed by atoms with E-state index in [1.165, 1.54) is 6.92 Å². The number of hydrogen-bond donors (Lipinski definition) is 6. The second-order valence-electron chi connectivity index (χ2n) is 3.38. The molecule has 1 rings (SSSR count). The highest BCUT2D eigenvalue weighted by Gasteiger charge is 2.08. The number of anilines is 1. The van der Waals surface area contributed by atoms with Crippen LogP contribution in [0.2, 0.25) is 0 Å². The molecule has 0 atom stereocenters. The first-order valence-corrected chi connectivity index (χ1v) is 5.00. The number of imide groups is 1. The summed E-state index contributed by atoms with van der Waals surface area (Å²) < 4.78 is 0. The maximum atomic E-state index is 11.4. The second-order valence-corrected chi connectivity index (χ2v) is 3.38. The van der Waals surface area contributed by atoms with Crippen LogP contribution in [-0.2, 0) is 4.79 Å². The fourth-order valence-corrected chi connectivity index (χ4v) is 1.07. The predicted octanol–water partition coefficient (Wildman–Crippen LogP) is -1.92. The van der Waals surface area contributed by atoms with Crippen LogP contribution in [0.1, 0.15) is 6.92 Å². The number of rotatable bonds is 4. The molecule has 102 valence electrons. The summed E-state index contributed by atoms with van der Waals surface area (Å²) in [5.74, 6) is -0.00287. The van der Waals surface area contributed by atoms with Gasteiger partial charge in [0.15, 0.2) is 0 Å². The molecule has 1 heterocycles. The summed E-state index contributed by atoms with van der Waals surface area (Å²) in [4.78, 5) is 47.7. The van der Waals surface area contributed by atoms with Gasteiger partial charge < -0.3 is 16.0 Å². The molecule has 10 nitrogen and oxygen atoms in total. The number of carbonyl (C=O) groups is 2. The lowest BCUT2D eigenvalue weighted by Gasteiger charge is -2.12. The minimum Gasteiger partial charge on any atom is -0.399 e. The number of aromatic amines is 2. The quantitative estimate of drug-likeness (QED) is 0.349. The largest absolute Gasteiger partial charge is 0.399 e. The zero-order valence-corrected chi connectivity index (χ0v) is 9.87. The molecular formula is C9H12N6O4. The van der Waals surface area contributed by atoms with Crippen LogP contribution in [0.3, 0.4) is 0 Å². The van der Waals surface area contributed by atoms with Gasteiger partial charge in [-0.2, -0.15) is 0 Å². The van der Waals surface area contributed by atoms with Crippen molar-refractivity contribution in [3.05, 3.63) is 38.6 Å². The Kier molecular flexibility index (Phi) is 4.46. The standard InChI is InChI=1S/C9H12N6O4/c1-4(10)6(14-9(19)12-3-16)13-5-2-11-8(18)15-7(5)17/h2-3,13H,10H2,1H3,(H2,11,15,17,18)(H2,12,14,16,19)/b6-4+. The Hall–Kier alpha value is -3.04. The molecule has 1 aromatic heterocycles. The first-order chi connectivity index (χ1) is 8.93. The van der Waals surface area contributed by atoms with Crippen molar-refractivity contribution in [2.75, 3.05) is 5.32 Å². The summed E-state index contributed by atoms with van der Waals surface area (Å²) in [7, 11) is 0. The SMILES string of the molecule is C/C(N)=C(\NC(=O)NC=O)Nc1c[nH]c(=O)[nH]c1=O. The van der Waals surface area contributed by atoms with Crippen molar-refractivity contribution in [2.45, 2.75) is 6.92 Å². The Morgan fingerprint density at radius 3 is 2.63 bits per heavy atom. The van der Waals surface area contributed by atoms with E-state index in [0.29, 0.717) is 0 Å². The monoisotopic (exact) mass is 268 g/mol. The molecule has 0 unspecified atom stereocenters. The van der Waals surface area contributed by atoms with Crippen LogP contribution >= 0.6 is 0 Å². The molecule has 0 saturated carbocycles. The summed E-state index contributed by atoms with van der Waals surface area (Å²) >= 11 is 0. The smallest absolute Gasteiger partial charge is 0.326 e. The van der Waals surface area contributed by atoms with E-state index >= 15 is 0 Å². The lowest BCUT2D eigenvalue weighted by atomic mass is 10.4. The van der Waals surface area contributed by atoms with Gasteiger partial charge in [0.1, 0.15) is 11.5 Å². The molecule has 1 aromatic rings. The van der Waals surface area contributed by atoms with E-state index in [0.717, 1.165) is 6.20 Å². The molecule has 0 radical (unpaired) electrons. The van der Waals surface area contributed by atoms with E-state index in [1.807, 2.05) is 10.3 Å². The molecule has 0 aliphatic heterocycles. The van der Waals surface area contributed by atoms with Crippen LogP contribution in [0, 0.1) is 0 Å². The molecule has 10 heteroatoms. The van der Waals surface area contributed by atoms with E-state index in [1.54, 1.807) is 0 Å². The van der Waals surface area contributed by atoms with Crippen molar-refractivity contribution >= 4 is 18.1 Å². The van der Waals surface area contributed by atoms with Crippen LogP contribution < -0.4 is 32.9 Å². The average Bonchev–Trinajstić information content (AvgIpc) is 2.31. The maximum Gasteiger partial charge on any atom is 0.326 e. The lowest BCUT2D eigenvalue weighted by Crippen LogP contribution is -2.38. The van der Waals surface area contributed by atoms with Gasteiger partial charge in [-0.3, -0.25) is 25.2 Å². The minimum atomic E-state index is -0.830. The van der Waals surface area contributed by atoms with Crippen molar-refractivity contribution in [3.8, 4) is 0 Å². The fourth-order valence-electron chi connectivity index (χ4n) is 1.07. The molecule has 0 spiro atoms. The van der Waals surface area contributed by atoms with Crippen molar-refractivity contribution < 1.29 is 9.59 Å². The minimum absolute atomic E-state index is 0.00287. The maximum absolute atomic E-state index is 11.4. The average molecular weight is 268 g/mol. The first-order valence-electron chi connectivity index (χ1n) is 5.00. The number of urea groups is 1. The van der Waals surface area contributed by atoms with Gasteiger partial charge in [-0.15, -0.1) is 0 Å². The number of hydrogen-bond acceptors (Lipinski definition) is 6. The van der Waals surface area contributed by atoms with Gasteiger partial charge in [0, 0.05) is 11.9 Å². The summed E-state index contributed by atoms with van der Waals surface area (Å²) in [6.07, 6.45) is 1.30. The van der Waals surface area contributed by atoms with Crippen LogP contribution in [0.25, 0.3) is 0 Å². The Balaban J connectivity index is 2.95. The van der Waals surface area contributed by atoms with E-state index in [9.17, 15) is 19.2 Å². The van der Waals surface area contributed by atoms with Gasteiger partial charge in [0.25, 0.3) is 5.56 Å². The van der Waals surface area contributed by atoms with Crippen LogP contribution in [0.4, 0.5) is 10.5 Å². The third-order valence-electron chi connectivity index (χ3n) is 1.90. The van der Waals surface area contributed by atoms with Gasteiger partial charge >= 0.3 is 11.7 Å². The predicted molar refractivity (Wildman–Crippen MR) is 65.9 cm³/mol. The number of nitrogens with two attached hydrogens (primary N) is 1. The Morgan fingerprint density at radius 2 is 2.11 bits per heavy atom. The van der Waals surface area contributed by atoms with Crippen molar-refractivity contribution in [1.82, 2.24) is 20.6 Å². The third kappa shape index (κ3) is 4.03. The Labute approximate surface area is 106 Å². The fraction of sp³-hybridized carbons (Fsp3) is 0.111. The summed E-state index contributed by atoms with van der Waals surface area (Å²) in [6, 6.07) is -0.830. The van der Waals surface area contributed by atoms with Gasteiger partial charge in [-0.05, 0) is 6.92 Å². The molecule has 0 saturated heterocycles. The number of carbonyl (C=O) groups excluding carboxylic acids is 2. The Bertz CT molecular complexity index is 624. The molecule has 19 heavy (non-hydrogen) atoms. The highest BCUT2D eigenvalue weighted by Crippen LogP contribution is 2.00. The van der Waals surface area contributed by atoms with E-state index < -0.39 is 17.3 Å². The first kappa shape index (κ1) is 14.0. The lowest BCUT2D eigenvalue weighted by molar-refractivity contribution is -0.108. The van der Waals surface area contributed by atoms with Gasteiger partial charge in [-0.1, -0.05) is 0 Å². The highest BCUT2D eigenvalue weighted by molar-refractivity contribution is 5.85. The van der Waals surface area contributed by atoms with Crippen LogP contribution in [0.5, 0.6) is 0 Å². The van der Waals surface area contributed by atoms with E-state index in [2.05, 4.69) is 15.6 Å². The number of nitrogens with one attached hydrogen (secondary N) is 5. The van der Waals surface area contributed by atoms with Crippen LogP contribution in [0.15, 0.2) is 27.3 Å². The normalized spacial score (nSPS) is 11.2. The molecule has 0 aliphatic carbocycles. The molecular weight excluding hydrogens is 256 g/mol. The van der Waals surface area contributed by atoms with Gasteiger partial charge in [-0.25, -0.2) is 9.59 Å². The summed E-state index contributed by atoms with van der Waals surface area (Å²) in [5, 5.41) is 6.58. The number of amides is 3. The summed E-state index contributed by atoms with van der Waals surface area (Å²) in [5.41, 5.74) is 4.27. The number of allylic oxidation sites excluding steroid dienone is 1. The zero-order valence-electron chi connectivity index (χ0n) is 9.87. The summed E-state index contributed by atoms with van der Waals surface area (Å²) in [6.45, 7) is 1.46. The molecule has 0 bridgehead atoms. The molecule has 0 aromatic carbocycles. The molecule has 0 aliphatic rings. The van der Waals surface area contributed by atoms with E-state index in [4.69, 9.17) is 5.73 Å². The topological polar surface area (TPSA) is 162 Å². The Morgan fingerprint density at radius 1 is 1.42 bits per heavy atom. The van der Waals surface area contributed by atoms with Crippen molar-refractivity contribution in [3.63, 3.8) is 0 Å². The van der Waals surface area contributed by atoms with Crippen molar-refractivity contribution in [1.29, 1.82) is 0 Å². The molecule has 7 N–H and O–H groups in total. The molecule has 0 fully saturated rings. The highest BCUT2D eigenvalue weighted by atomic mass is 16.2. The number of aromatic nitrogens is 2. The van der Waals surface area contributed by atoms with E-state index in [-0.39, 0.29) is 23.6 Å².